The van der Waals surface area contributed by atoms with Crippen molar-refractivity contribution in [2.45, 2.75) is 29.6 Å². The van der Waals surface area contributed by atoms with Crippen LogP contribution >= 0.6 is 11.8 Å². The largest absolute Gasteiger partial charge is 0.325 e. The fraction of sp³-hybridized carbons (Fsp3) is 0.350. The topological polar surface area (TPSA) is 66.5 Å². The van der Waals surface area contributed by atoms with Crippen LogP contribution in [0, 0.1) is 11.7 Å². The first kappa shape index (κ1) is 20.8. The van der Waals surface area contributed by atoms with Gasteiger partial charge in [0.15, 0.2) is 0 Å². The summed E-state index contributed by atoms with van der Waals surface area (Å²) >= 11 is 1.30. The third kappa shape index (κ3) is 5.33. The van der Waals surface area contributed by atoms with Gasteiger partial charge in [-0.05, 0) is 67.3 Å². The molecule has 1 N–H and O–H groups in total. The maximum absolute atomic E-state index is 12.9. The zero-order valence-electron chi connectivity index (χ0n) is 15.6. The van der Waals surface area contributed by atoms with E-state index in [-0.39, 0.29) is 22.4 Å². The van der Waals surface area contributed by atoms with Crippen LogP contribution in [0.25, 0.3) is 0 Å². The zero-order chi connectivity index (χ0) is 20.1. The summed E-state index contributed by atoms with van der Waals surface area (Å²) in [7, 11) is -3.50. The van der Waals surface area contributed by atoms with Crippen LogP contribution in [0.15, 0.2) is 58.3 Å². The van der Waals surface area contributed by atoms with Crippen molar-refractivity contribution < 1.29 is 17.6 Å². The molecule has 0 radical (unpaired) electrons. The van der Waals surface area contributed by atoms with Gasteiger partial charge in [0.05, 0.1) is 10.6 Å². The van der Waals surface area contributed by atoms with Crippen LogP contribution in [0.1, 0.15) is 19.8 Å². The molecule has 2 aromatic rings. The lowest BCUT2D eigenvalue weighted by Crippen LogP contribution is -2.39. The van der Waals surface area contributed by atoms with Crippen molar-refractivity contribution in [1.29, 1.82) is 0 Å². The van der Waals surface area contributed by atoms with Gasteiger partial charge < -0.3 is 5.32 Å². The molecular formula is C20H23FN2O3S2. The van der Waals surface area contributed by atoms with Crippen LogP contribution in [0.3, 0.4) is 0 Å². The molecule has 0 saturated carbocycles. The van der Waals surface area contributed by atoms with Crippen molar-refractivity contribution in [3.63, 3.8) is 0 Å². The van der Waals surface area contributed by atoms with Gasteiger partial charge in [0.25, 0.3) is 0 Å². The standard InChI is InChI=1S/C20H23FN2O3S2/c1-15-3-2-12-23(13-15)28(25,26)19-10-6-17(7-11-19)22-20(24)14-27-18-8-4-16(21)5-9-18/h4-11,15H,2-3,12-14H2,1H3,(H,22,24). The number of hydrogen-bond donors (Lipinski definition) is 1. The van der Waals surface area contributed by atoms with Crippen LogP contribution in [0.2, 0.25) is 0 Å². The molecule has 1 heterocycles. The summed E-state index contributed by atoms with van der Waals surface area (Å²) in [4.78, 5) is 13.1. The predicted molar refractivity (Wildman–Crippen MR) is 109 cm³/mol. The second-order valence-electron chi connectivity index (χ2n) is 6.93. The van der Waals surface area contributed by atoms with Crippen molar-refractivity contribution in [2.75, 3.05) is 24.2 Å². The third-order valence-corrected chi connectivity index (χ3v) is 7.47. The molecule has 0 aromatic heterocycles. The first-order valence-electron chi connectivity index (χ1n) is 9.13. The van der Waals surface area contributed by atoms with Crippen molar-refractivity contribution in [2.24, 2.45) is 5.92 Å². The second-order valence-corrected chi connectivity index (χ2v) is 9.91. The molecule has 0 bridgehead atoms. The highest BCUT2D eigenvalue weighted by Gasteiger charge is 2.28. The molecular weight excluding hydrogens is 399 g/mol. The molecule has 28 heavy (non-hydrogen) atoms. The maximum Gasteiger partial charge on any atom is 0.243 e. The number of amides is 1. The van der Waals surface area contributed by atoms with Gasteiger partial charge in [-0.15, -0.1) is 11.8 Å². The first-order valence-corrected chi connectivity index (χ1v) is 11.6. The highest BCUT2D eigenvalue weighted by Crippen LogP contribution is 2.24. The molecule has 150 valence electrons. The van der Waals surface area contributed by atoms with Gasteiger partial charge in [-0.3, -0.25) is 4.79 Å². The highest BCUT2D eigenvalue weighted by atomic mass is 32.2. The molecule has 0 spiro atoms. The van der Waals surface area contributed by atoms with Crippen molar-refractivity contribution in [3.8, 4) is 0 Å². The number of benzene rings is 2. The van der Waals surface area contributed by atoms with Gasteiger partial charge in [0.2, 0.25) is 15.9 Å². The van der Waals surface area contributed by atoms with Crippen LogP contribution in [0.5, 0.6) is 0 Å². The normalized spacial score (nSPS) is 18.0. The van der Waals surface area contributed by atoms with Crippen molar-refractivity contribution >= 4 is 33.4 Å². The van der Waals surface area contributed by atoms with Crippen LogP contribution in [0.4, 0.5) is 10.1 Å². The number of halogens is 1. The second kappa shape index (κ2) is 9.07. The zero-order valence-corrected chi connectivity index (χ0v) is 17.2. The Bertz CT molecular complexity index is 915. The Hall–Kier alpha value is -1.90. The highest BCUT2D eigenvalue weighted by molar-refractivity contribution is 8.00. The van der Waals surface area contributed by atoms with E-state index in [0.717, 1.165) is 17.7 Å². The smallest absolute Gasteiger partial charge is 0.243 e. The molecule has 1 atom stereocenters. The monoisotopic (exact) mass is 422 g/mol. The minimum atomic E-state index is -3.50. The Morgan fingerprint density at radius 3 is 2.50 bits per heavy atom. The van der Waals surface area contributed by atoms with Gasteiger partial charge in [-0.2, -0.15) is 4.31 Å². The number of nitrogens with zero attached hydrogens (tertiary/aromatic N) is 1. The van der Waals surface area contributed by atoms with E-state index < -0.39 is 10.0 Å². The Morgan fingerprint density at radius 1 is 1.18 bits per heavy atom. The van der Waals surface area contributed by atoms with Gasteiger partial charge in [-0.1, -0.05) is 6.92 Å². The SMILES string of the molecule is CC1CCCN(S(=O)(=O)c2ccc(NC(=O)CSc3ccc(F)cc3)cc2)C1. The number of rotatable bonds is 6. The Balaban J connectivity index is 1.57. The quantitative estimate of drug-likeness (QED) is 0.715. The third-order valence-electron chi connectivity index (χ3n) is 4.58. The minimum Gasteiger partial charge on any atom is -0.325 e. The summed E-state index contributed by atoms with van der Waals surface area (Å²) in [5.41, 5.74) is 0.538. The van der Waals surface area contributed by atoms with Gasteiger partial charge in [0.1, 0.15) is 5.82 Å². The summed E-state index contributed by atoms with van der Waals surface area (Å²) in [5, 5.41) is 2.75. The molecule has 1 fully saturated rings. The number of thioether (sulfide) groups is 1. The van der Waals surface area contributed by atoms with Gasteiger partial charge in [0, 0.05) is 23.7 Å². The van der Waals surface area contributed by atoms with E-state index >= 15 is 0 Å². The number of anilines is 1. The molecule has 1 amide bonds. The van der Waals surface area contributed by atoms with Gasteiger partial charge >= 0.3 is 0 Å². The molecule has 2 aromatic carbocycles. The summed E-state index contributed by atoms with van der Waals surface area (Å²) in [6.07, 6.45) is 1.92. The van der Waals surface area contributed by atoms with E-state index in [1.54, 1.807) is 24.3 Å². The van der Waals surface area contributed by atoms with Gasteiger partial charge in [-0.25, -0.2) is 12.8 Å². The summed E-state index contributed by atoms with van der Waals surface area (Å²) < 4.78 is 39.9. The van der Waals surface area contributed by atoms with E-state index in [1.807, 2.05) is 0 Å². The lowest BCUT2D eigenvalue weighted by Gasteiger charge is -2.30. The average Bonchev–Trinajstić information content (AvgIpc) is 2.68. The molecule has 1 saturated heterocycles. The molecule has 5 nitrogen and oxygen atoms in total. The molecule has 1 aliphatic heterocycles. The number of hydrogen-bond acceptors (Lipinski definition) is 4. The van der Waals surface area contributed by atoms with Crippen LogP contribution < -0.4 is 5.32 Å². The number of sulfonamides is 1. The Labute approximate surface area is 169 Å². The summed E-state index contributed by atoms with van der Waals surface area (Å²) in [5.74, 6) is 0.00972. The lowest BCUT2D eigenvalue weighted by atomic mass is 10.0. The fourth-order valence-electron chi connectivity index (χ4n) is 3.10. The number of carbonyl (C=O) groups is 1. The predicted octanol–water partition coefficient (Wildman–Crippen LogP) is 3.98. The summed E-state index contributed by atoms with van der Waals surface area (Å²) in [6, 6.07) is 12.2. The van der Waals surface area contributed by atoms with E-state index in [0.29, 0.717) is 24.7 Å². The molecule has 3 rings (SSSR count). The van der Waals surface area contributed by atoms with Crippen molar-refractivity contribution in [3.05, 3.63) is 54.3 Å². The van der Waals surface area contributed by atoms with E-state index in [2.05, 4.69) is 12.2 Å². The first-order chi connectivity index (χ1) is 13.3. The van der Waals surface area contributed by atoms with Crippen LogP contribution in [-0.2, 0) is 14.8 Å². The molecule has 8 heteroatoms. The Kier molecular flexibility index (Phi) is 6.74. The lowest BCUT2D eigenvalue weighted by molar-refractivity contribution is -0.113. The number of carbonyl (C=O) groups excluding carboxylic acids is 1. The molecule has 1 aliphatic rings. The molecule has 0 aliphatic carbocycles. The average molecular weight is 423 g/mol. The minimum absolute atomic E-state index is 0.178. The van der Waals surface area contributed by atoms with E-state index in [4.69, 9.17) is 0 Å². The van der Waals surface area contributed by atoms with Crippen molar-refractivity contribution in [1.82, 2.24) is 4.31 Å². The molecule has 1 unspecified atom stereocenters. The van der Waals surface area contributed by atoms with E-state index in [9.17, 15) is 17.6 Å². The number of nitrogens with one attached hydrogen (secondary N) is 1. The summed E-state index contributed by atoms with van der Waals surface area (Å²) in [6.45, 7) is 3.15. The maximum atomic E-state index is 12.9. The Morgan fingerprint density at radius 2 is 1.86 bits per heavy atom. The van der Waals surface area contributed by atoms with Crippen LogP contribution in [-0.4, -0.2) is 37.5 Å². The number of piperidine rings is 1. The fourth-order valence-corrected chi connectivity index (χ4v) is 5.40. The van der Waals surface area contributed by atoms with E-state index in [1.165, 1.54) is 40.3 Å².